The van der Waals surface area contributed by atoms with E-state index in [9.17, 15) is 0 Å². The van der Waals surface area contributed by atoms with E-state index in [1.807, 2.05) is 47.0 Å². The van der Waals surface area contributed by atoms with Crippen LogP contribution in [0, 0.1) is 0 Å². The molecule has 0 saturated heterocycles. The second-order valence-electron chi connectivity index (χ2n) is 4.92. The second kappa shape index (κ2) is 7.10. The van der Waals surface area contributed by atoms with Crippen LogP contribution in [0.3, 0.4) is 0 Å². The van der Waals surface area contributed by atoms with Gasteiger partial charge >= 0.3 is 0 Å². The molecule has 0 amide bonds. The minimum Gasteiger partial charge on any atom is -0.116 e. The van der Waals surface area contributed by atoms with Crippen molar-refractivity contribution < 1.29 is 0 Å². The van der Waals surface area contributed by atoms with Crippen molar-refractivity contribution in [1.82, 2.24) is 0 Å². The Labute approximate surface area is 160 Å². The van der Waals surface area contributed by atoms with Crippen LogP contribution >= 0.6 is 94.1 Å². The van der Waals surface area contributed by atoms with E-state index in [-0.39, 0.29) is 0 Å². The zero-order chi connectivity index (χ0) is 14.4. The Morgan fingerprint density at radius 3 is 1.52 bits per heavy atom. The molecule has 0 fully saturated rings. The van der Waals surface area contributed by atoms with Crippen molar-refractivity contribution in [1.29, 1.82) is 0 Å². The molecule has 0 aromatic carbocycles. The van der Waals surface area contributed by atoms with Crippen LogP contribution in [0.4, 0.5) is 0 Å². The number of thioether (sulfide) groups is 8. The molecule has 0 aromatic rings. The van der Waals surface area contributed by atoms with Crippen molar-refractivity contribution in [3.63, 3.8) is 0 Å². The molecule has 8 heteroatoms. The van der Waals surface area contributed by atoms with Gasteiger partial charge in [-0.05, 0) is 6.42 Å². The molecule has 0 N–H and O–H groups in total. The summed E-state index contributed by atoms with van der Waals surface area (Å²) in [5, 5.41) is 1.50. The first-order chi connectivity index (χ1) is 10.2. The molecule has 0 nitrogen and oxygen atoms in total. The van der Waals surface area contributed by atoms with Crippen LogP contribution in [0.5, 0.6) is 0 Å². The zero-order valence-corrected chi connectivity index (χ0v) is 18.1. The van der Waals surface area contributed by atoms with E-state index in [1.54, 1.807) is 16.9 Å². The lowest BCUT2D eigenvalue weighted by molar-refractivity contribution is 0.808. The van der Waals surface area contributed by atoms with Gasteiger partial charge in [0.25, 0.3) is 0 Å². The third kappa shape index (κ3) is 3.67. The number of hydrogen-bond donors (Lipinski definition) is 0. The topological polar surface area (TPSA) is 0 Å². The zero-order valence-electron chi connectivity index (χ0n) is 11.5. The molecule has 0 radical (unpaired) electrons. The third-order valence-corrected chi connectivity index (χ3v) is 15.1. The smallest absolute Gasteiger partial charge is 0.0717 e. The highest BCUT2D eigenvalue weighted by atomic mass is 32.3. The summed E-state index contributed by atoms with van der Waals surface area (Å²) in [7, 11) is 0. The van der Waals surface area contributed by atoms with Gasteiger partial charge in [0.15, 0.2) is 0 Å². The van der Waals surface area contributed by atoms with Gasteiger partial charge in [-0.1, -0.05) is 60.9 Å². The summed E-state index contributed by atoms with van der Waals surface area (Å²) in [6, 6.07) is 0. The molecule has 0 aliphatic carbocycles. The van der Waals surface area contributed by atoms with Gasteiger partial charge in [0.1, 0.15) is 0 Å². The van der Waals surface area contributed by atoms with E-state index in [1.165, 1.54) is 26.4 Å². The minimum absolute atomic E-state index is 0.749. The molecule has 0 spiro atoms. The highest BCUT2D eigenvalue weighted by Crippen LogP contribution is 2.68. The van der Waals surface area contributed by atoms with Crippen LogP contribution in [0.2, 0.25) is 0 Å². The Hall–Kier alpha value is 2.02. The van der Waals surface area contributed by atoms with Gasteiger partial charge in [-0.3, -0.25) is 0 Å². The van der Waals surface area contributed by atoms with E-state index >= 15 is 0 Å². The summed E-state index contributed by atoms with van der Waals surface area (Å²) >= 11 is 16.4. The molecular formula is C13H14S8. The summed E-state index contributed by atoms with van der Waals surface area (Å²) in [4.78, 5) is 0. The van der Waals surface area contributed by atoms with Gasteiger partial charge in [0.05, 0.1) is 25.4 Å². The molecule has 2 atom stereocenters. The highest BCUT2D eigenvalue weighted by molar-refractivity contribution is 8.45. The summed E-state index contributed by atoms with van der Waals surface area (Å²) in [5.74, 6) is 2.55. The van der Waals surface area contributed by atoms with Gasteiger partial charge in [0, 0.05) is 22.0 Å². The summed E-state index contributed by atoms with van der Waals surface area (Å²) in [5.41, 5.74) is 0. The van der Waals surface area contributed by atoms with Crippen molar-refractivity contribution >= 4 is 94.1 Å². The van der Waals surface area contributed by atoms with E-state index in [0.29, 0.717) is 0 Å². The monoisotopic (exact) mass is 426 g/mol. The van der Waals surface area contributed by atoms with Crippen LogP contribution in [-0.2, 0) is 0 Å². The van der Waals surface area contributed by atoms with Crippen molar-refractivity contribution in [3.8, 4) is 0 Å². The highest BCUT2D eigenvalue weighted by Gasteiger charge is 2.34. The average Bonchev–Trinajstić information content (AvgIpc) is 3.00. The molecule has 21 heavy (non-hydrogen) atoms. The van der Waals surface area contributed by atoms with Crippen molar-refractivity contribution in [2.75, 3.05) is 11.5 Å². The van der Waals surface area contributed by atoms with Gasteiger partial charge in [-0.25, -0.2) is 0 Å². The normalized spacial score (nSPS) is 33.4. The molecule has 0 unspecified atom stereocenters. The first-order valence-electron chi connectivity index (χ1n) is 6.72. The molecule has 0 saturated carbocycles. The first-order valence-corrected chi connectivity index (χ1v) is 13.7. The third-order valence-electron chi connectivity index (χ3n) is 3.07. The maximum atomic E-state index is 2.38. The Bertz CT molecular complexity index is 517. The minimum atomic E-state index is 0.749. The molecule has 114 valence electrons. The van der Waals surface area contributed by atoms with Gasteiger partial charge in [-0.15, -0.1) is 47.0 Å². The average molecular weight is 427 g/mol. The van der Waals surface area contributed by atoms with Crippen molar-refractivity contribution in [2.24, 2.45) is 0 Å². The fourth-order valence-electron chi connectivity index (χ4n) is 2.23. The van der Waals surface area contributed by atoms with Crippen LogP contribution in [0.1, 0.15) is 20.3 Å². The second-order valence-corrected chi connectivity index (χ2v) is 15.7. The maximum absolute atomic E-state index is 2.38. The fraction of sp³-hybridized carbons (Fsp3) is 0.538. The Morgan fingerprint density at radius 2 is 1.05 bits per heavy atom. The predicted molar refractivity (Wildman–Crippen MR) is 115 cm³/mol. The molecule has 0 bridgehead atoms. The molecule has 4 aliphatic rings. The Balaban J connectivity index is 1.52. The SMILES string of the molecule is C[C@H]1C[C@H](C)SC2=C(SC(=C3SC4=C(SCCS4)S3)S2)S1. The van der Waals surface area contributed by atoms with Crippen LogP contribution in [0.15, 0.2) is 25.4 Å². The van der Waals surface area contributed by atoms with Gasteiger partial charge in [0.2, 0.25) is 0 Å². The molecule has 4 heterocycles. The Kier molecular flexibility index (Phi) is 5.57. The molecule has 4 aliphatic heterocycles. The molecule has 4 rings (SSSR count). The summed E-state index contributed by atoms with van der Waals surface area (Å²) in [6.07, 6.45) is 1.32. The lowest BCUT2D eigenvalue weighted by Gasteiger charge is -2.12. The van der Waals surface area contributed by atoms with Crippen LogP contribution in [0.25, 0.3) is 0 Å². The lowest BCUT2D eigenvalue weighted by atomic mass is 10.3. The first kappa shape index (κ1) is 16.5. The summed E-state index contributed by atoms with van der Waals surface area (Å²) < 4.78 is 9.32. The largest absolute Gasteiger partial charge is 0.116 e. The van der Waals surface area contributed by atoms with Gasteiger partial charge < -0.3 is 0 Å². The molecular weight excluding hydrogens is 413 g/mol. The van der Waals surface area contributed by atoms with Crippen LogP contribution < -0.4 is 0 Å². The van der Waals surface area contributed by atoms with E-state index in [4.69, 9.17) is 0 Å². The number of hydrogen-bond acceptors (Lipinski definition) is 8. The number of rotatable bonds is 0. The van der Waals surface area contributed by atoms with E-state index < -0.39 is 0 Å². The summed E-state index contributed by atoms with van der Waals surface area (Å²) in [6.45, 7) is 4.75. The predicted octanol–water partition coefficient (Wildman–Crippen LogP) is 7.45. The van der Waals surface area contributed by atoms with Crippen molar-refractivity contribution in [3.05, 3.63) is 25.4 Å². The Morgan fingerprint density at radius 1 is 0.619 bits per heavy atom. The standard InChI is InChI=1S/C13H14S8/c1-6-5-7(2)17-11-10(16-6)20-13(21-11)12-18-8-9(19-12)15-4-3-14-8/h6-7H,3-5H2,1-2H3/t6-,7-/m0/s1. The lowest BCUT2D eigenvalue weighted by Crippen LogP contribution is -2.03. The molecule has 0 aromatic heterocycles. The van der Waals surface area contributed by atoms with Gasteiger partial charge in [-0.2, -0.15) is 0 Å². The van der Waals surface area contributed by atoms with E-state index in [0.717, 1.165) is 10.5 Å². The van der Waals surface area contributed by atoms with Crippen LogP contribution in [-0.4, -0.2) is 22.0 Å². The van der Waals surface area contributed by atoms with Crippen molar-refractivity contribution in [2.45, 2.75) is 30.8 Å². The van der Waals surface area contributed by atoms with E-state index in [2.05, 4.69) is 60.9 Å². The quantitative estimate of drug-likeness (QED) is 0.386. The maximum Gasteiger partial charge on any atom is 0.0717 e. The fourth-order valence-corrected chi connectivity index (χ4v) is 15.3.